The average Bonchev–Trinajstić information content (AvgIpc) is 3.39. The number of hydrogen-bond acceptors (Lipinski definition) is 2. The van der Waals surface area contributed by atoms with Crippen LogP contribution in [-0.2, 0) is 0 Å². The first-order chi connectivity index (χ1) is 14.9. The summed E-state index contributed by atoms with van der Waals surface area (Å²) in [5.74, 6) is 1.55. The Hall–Kier alpha value is -4.25. The lowest BCUT2D eigenvalue weighted by Crippen LogP contribution is -2.28. The molecule has 0 amide bonds. The molecule has 0 fully saturated rings. The second kappa shape index (κ2) is 6.67. The van der Waals surface area contributed by atoms with Crippen molar-refractivity contribution in [2.45, 2.75) is 0 Å². The molecule has 30 heavy (non-hydrogen) atoms. The van der Waals surface area contributed by atoms with Crippen molar-refractivity contribution in [3.63, 3.8) is 0 Å². The van der Waals surface area contributed by atoms with E-state index in [4.69, 9.17) is 9.97 Å². The highest BCUT2D eigenvalue weighted by molar-refractivity contribution is 5.68. The second-order valence-corrected chi connectivity index (χ2v) is 7.19. The third-order valence-corrected chi connectivity index (χ3v) is 5.28. The van der Waals surface area contributed by atoms with E-state index in [1.165, 1.54) is 0 Å². The SMILES string of the molecule is c1ccc(-c2cn3c(n2)[nH][n+]2c(-c4ccccc4)cc(-c4ccccc4)nc32)cc1. The highest BCUT2D eigenvalue weighted by Gasteiger charge is 2.23. The average molecular weight is 388 g/mol. The van der Waals surface area contributed by atoms with E-state index in [1.807, 2.05) is 69.7 Å². The third-order valence-electron chi connectivity index (χ3n) is 5.28. The van der Waals surface area contributed by atoms with Gasteiger partial charge < -0.3 is 0 Å². The summed E-state index contributed by atoms with van der Waals surface area (Å²) < 4.78 is 4.01. The first-order valence-corrected chi connectivity index (χ1v) is 9.87. The quantitative estimate of drug-likeness (QED) is 0.443. The van der Waals surface area contributed by atoms with E-state index in [-0.39, 0.29) is 0 Å². The fraction of sp³-hybridized carbons (Fsp3) is 0. The molecule has 6 rings (SSSR count). The summed E-state index contributed by atoms with van der Waals surface area (Å²) in [5, 5.41) is 3.42. The van der Waals surface area contributed by atoms with Crippen LogP contribution >= 0.6 is 0 Å². The summed E-state index contributed by atoms with van der Waals surface area (Å²) in [7, 11) is 0. The van der Waals surface area contributed by atoms with Gasteiger partial charge in [0.1, 0.15) is 17.6 Å². The van der Waals surface area contributed by atoms with E-state index in [2.05, 4.69) is 47.6 Å². The molecule has 0 atom stereocenters. The number of benzene rings is 3. The van der Waals surface area contributed by atoms with Crippen LogP contribution in [0.5, 0.6) is 0 Å². The van der Waals surface area contributed by atoms with Gasteiger partial charge in [-0.05, 0) is 0 Å². The van der Waals surface area contributed by atoms with Gasteiger partial charge in [0.2, 0.25) is 0 Å². The number of hydrogen-bond donors (Lipinski definition) is 1. The topological polar surface area (TPSA) is 50.1 Å². The molecule has 3 aromatic carbocycles. The van der Waals surface area contributed by atoms with Crippen LogP contribution in [0.25, 0.3) is 45.3 Å². The van der Waals surface area contributed by atoms with Crippen LogP contribution in [0, 0.1) is 0 Å². The molecule has 3 heterocycles. The molecule has 3 aromatic heterocycles. The number of imidazole rings is 1. The maximum atomic E-state index is 4.98. The Bertz CT molecular complexity index is 1470. The lowest BCUT2D eigenvalue weighted by molar-refractivity contribution is -0.566. The van der Waals surface area contributed by atoms with Gasteiger partial charge in [-0.15, -0.1) is 4.52 Å². The molecule has 6 aromatic rings. The monoisotopic (exact) mass is 388 g/mol. The first-order valence-electron chi connectivity index (χ1n) is 9.87. The second-order valence-electron chi connectivity index (χ2n) is 7.19. The lowest BCUT2D eigenvalue weighted by Gasteiger charge is -2.03. The number of fused-ring (bicyclic) bond motifs is 3. The van der Waals surface area contributed by atoms with Crippen molar-refractivity contribution in [1.29, 1.82) is 0 Å². The summed E-state index contributed by atoms with van der Waals surface area (Å²) in [6.45, 7) is 0. The minimum absolute atomic E-state index is 0.753. The van der Waals surface area contributed by atoms with Gasteiger partial charge in [-0.3, -0.25) is 0 Å². The van der Waals surface area contributed by atoms with Crippen molar-refractivity contribution in [2.75, 3.05) is 0 Å². The van der Waals surface area contributed by atoms with Gasteiger partial charge in [-0.2, -0.15) is 14.5 Å². The van der Waals surface area contributed by atoms with Crippen LogP contribution in [0.15, 0.2) is 103 Å². The van der Waals surface area contributed by atoms with E-state index >= 15 is 0 Å². The number of aromatic nitrogens is 5. The van der Waals surface area contributed by atoms with E-state index in [0.717, 1.165) is 45.3 Å². The summed E-state index contributed by atoms with van der Waals surface area (Å²) in [4.78, 5) is 9.79. The molecular formula is C25H18N5+. The molecule has 0 aliphatic rings. The summed E-state index contributed by atoms with van der Waals surface area (Å²) >= 11 is 0. The smallest absolute Gasteiger partial charge is 0.196 e. The number of rotatable bonds is 3. The Kier molecular flexibility index (Phi) is 3.71. The molecule has 0 radical (unpaired) electrons. The van der Waals surface area contributed by atoms with Crippen LogP contribution < -0.4 is 4.52 Å². The summed E-state index contributed by atoms with van der Waals surface area (Å²) in [5.41, 5.74) is 6.14. The Morgan fingerprint density at radius 2 is 1.20 bits per heavy atom. The number of aromatic amines is 1. The Balaban J connectivity index is 1.64. The molecule has 5 nitrogen and oxygen atoms in total. The van der Waals surface area contributed by atoms with Crippen LogP contribution in [0.3, 0.4) is 0 Å². The molecule has 0 saturated carbocycles. The van der Waals surface area contributed by atoms with Crippen molar-refractivity contribution < 1.29 is 4.52 Å². The van der Waals surface area contributed by atoms with Gasteiger partial charge >= 0.3 is 11.6 Å². The predicted octanol–water partition coefficient (Wildman–Crippen LogP) is 4.80. The van der Waals surface area contributed by atoms with Gasteiger partial charge in [-0.1, -0.05) is 96.0 Å². The molecule has 5 heteroatoms. The first kappa shape index (κ1) is 16.7. The van der Waals surface area contributed by atoms with Crippen molar-refractivity contribution in [3.05, 3.63) is 103 Å². The molecule has 0 unspecified atom stereocenters. The van der Waals surface area contributed by atoms with Crippen molar-refractivity contribution in [3.8, 4) is 33.8 Å². The van der Waals surface area contributed by atoms with E-state index in [1.54, 1.807) is 0 Å². The highest BCUT2D eigenvalue weighted by atomic mass is 15.4. The maximum absolute atomic E-state index is 4.98. The van der Waals surface area contributed by atoms with Gasteiger partial charge in [0.05, 0.1) is 0 Å². The summed E-state index contributed by atoms with van der Waals surface area (Å²) in [6.07, 6.45) is 2.03. The number of nitrogens with one attached hydrogen (secondary N) is 1. The zero-order valence-electron chi connectivity index (χ0n) is 16.1. The molecule has 0 aliphatic carbocycles. The van der Waals surface area contributed by atoms with Crippen LogP contribution in [-0.4, -0.2) is 19.5 Å². The minimum atomic E-state index is 0.753. The minimum Gasteiger partial charge on any atom is -0.196 e. The fourth-order valence-corrected chi connectivity index (χ4v) is 3.80. The van der Waals surface area contributed by atoms with Crippen LogP contribution in [0.4, 0.5) is 0 Å². The Labute approximate surface area is 172 Å². The van der Waals surface area contributed by atoms with Crippen molar-refractivity contribution in [2.24, 2.45) is 0 Å². The third kappa shape index (κ3) is 2.68. The predicted molar refractivity (Wildman–Crippen MR) is 117 cm³/mol. The summed E-state index contributed by atoms with van der Waals surface area (Å²) in [6, 6.07) is 32.9. The number of nitrogens with zero attached hydrogens (tertiary/aromatic N) is 4. The molecule has 142 valence electrons. The molecule has 0 saturated heterocycles. The lowest BCUT2D eigenvalue weighted by atomic mass is 10.1. The normalized spacial score (nSPS) is 11.3. The Morgan fingerprint density at radius 3 is 1.83 bits per heavy atom. The van der Waals surface area contributed by atoms with E-state index in [0.29, 0.717) is 0 Å². The zero-order valence-corrected chi connectivity index (χ0v) is 16.1. The van der Waals surface area contributed by atoms with Crippen molar-refractivity contribution >= 4 is 11.6 Å². The zero-order chi connectivity index (χ0) is 19.9. The van der Waals surface area contributed by atoms with Crippen LogP contribution in [0.2, 0.25) is 0 Å². The van der Waals surface area contributed by atoms with Gasteiger partial charge in [0.15, 0.2) is 5.69 Å². The van der Waals surface area contributed by atoms with E-state index < -0.39 is 0 Å². The Morgan fingerprint density at radius 1 is 0.633 bits per heavy atom. The molecule has 0 aliphatic heterocycles. The van der Waals surface area contributed by atoms with Gasteiger partial charge in [-0.25, -0.2) is 0 Å². The largest absolute Gasteiger partial charge is 0.429 e. The van der Waals surface area contributed by atoms with Crippen molar-refractivity contribution in [1.82, 2.24) is 19.5 Å². The van der Waals surface area contributed by atoms with Gasteiger partial charge in [0.25, 0.3) is 0 Å². The molecular weight excluding hydrogens is 370 g/mol. The molecule has 1 N–H and O–H groups in total. The molecule has 0 bridgehead atoms. The highest BCUT2D eigenvalue weighted by Crippen LogP contribution is 2.24. The fourth-order valence-electron chi connectivity index (χ4n) is 3.80. The standard InChI is InChI=1S/C25H18N5/c1-4-10-18(11-5-1)21-16-23(20-14-8-3-9-15-20)30-25(27-21)29-17-22(26-24(29)28-30)19-12-6-2-7-13-19/h1-17H,(H,26,28)/q+1. The number of H-pyrrole nitrogens is 1. The van der Waals surface area contributed by atoms with E-state index in [9.17, 15) is 0 Å². The molecule has 0 spiro atoms. The maximum Gasteiger partial charge on any atom is 0.429 e. The van der Waals surface area contributed by atoms with Crippen LogP contribution in [0.1, 0.15) is 0 Å². The van der Waals surface area contributed by atoms with Gasteiger partial charge in [0, 0.05) is 22.8 Å².